The zero-order valence-electron chi connectivity index (χ0n) is 28.5. The fourth-order valence-electron chi connectivity index (χ4n) is 6.65. The van der Waals surface area contributed by atoms with Gasteiger partial charge < -0.3 is 30.1 Å². The van der Waals surface area contributed by atoms with Crippen LogP contribution in [0, 0.1) is 0 Å². The van der Waals surface area contributed by atoms with Crippen LogP contribution in [-0.4, -0.2) is 54.1 Å². The number of unbranched alkanes of at least 4 members (excludes halogenated alkanes) is 2. The van der Waals surface area contributed by atoms with Crippen LogP contribution in [-0.2, 0) is 32.2 Å². The van der Waals surface area contributed by atoms with Crippen LogP contribution in [0.5, 0.6) is 0 Å². The summed E-state index contributed by atoms with van der Waals surface area (Å²) in [7, 11) is 0. The van der Waals surface area contributed by atoms with E-state index in [9.17, 15) is 14.7 Å². The first-order valence-corrected chi connectivity index (χ1v) is 17.9. The Hall–Kier alpha value is -3.56. The summed E-state index contributed by atoms with van der Waals surface area (Å²) in [6.07, 6.45) is 9.82. The predicted molar refractivity (Wildman–Crippen MR) is 189 cm³/mol. The van der Waals surface area contributed by atoms with Crippen LogP contribution >= 0.6 is 0 Å². The van der Waals surface area contributed by atoms with Crippen LogP contribution < -0.4 is 10.6 Å². The smallest absolute Gasteiger partial charge is 0.220 e. The molecule has 3 N–H and O–H groups in total. The lowest BCUT2D eigenvalue weighted by Gasteiger charge is -2.38. The number of hydrogen-bond acceptors (Lipinski definition) is 6. The Morgan fingerprint density at radius 1 is 0.792 bits per heavy atom. The molecule has 0 saturated carbocycles. The molecular weight excluding hydrogens is 602 g/mol. The molecule has 2 fully saturated rings. The summed E-state index contributed by atoms with van der Waals surface area (Å²) in [4.78, 5) is 25.9. The molecule has 2 amide bonds. The second kappa shape index (κ2) is 18.8. The van der Waals surface area contributed by atoms with E-state index < -0.39 is 6.29 Å². The van der Waals surface area contributed by atoms with Crippen molar-refractivity contribution in [2.24, 2.45) is 0 Å². The number of likely N-dealkylation sites (tertiary alicyclic amines) is 1. The van der Waals surface area contributed by atoms with Gasteiger partial charge in [0.05, 0.1) is 18.8 Å². The van der Waals surface area contributed by atoms with Crippen LogP contribution in [0.25, 0.3) is 11.1 Å². The molecule has 3 aromatic rings. The second-order valence-electron chi connectivity index (χ2n) is 13.3. The van der Waals surface area contributed by atoms with Crippen LogP contribution in [0.15, 0.2) is 72.8 Å². The van der Waals surface area contributed by atoms with Gasteiger partial charge >= 0.3 is 0 Å². The van der Waals surface area contributed by atoms with Crippen molar-refractivity contribution in [3.63, 3.8) is 0 Å². The van der Waals surface area contributed by atoms with Crippen LogP contribution in [0.2, 0.25) is 0 Å². The summed E-state index contributed by atoms with van der Waals surface area (Å²) < 4.78 is 13.3. The number of hydrogen-bond donors (Lipinski definition) is 3. The second-order valence-corrected chi connectivity index (χ2v) is 13.3. The van der Waals surface area contributed by atoms with Gasteiger partial charge in [-0.05, 0) is 72.7 Å². The monoisotopic (exact) mass is 655 g/mol. The summed E-state index contributed by atoms with van der Waals surface area (Å²) in [6.45, 7) is 5.85. The van der Waals surface area contributed by atoms with Gasteiger partial charge in [-0.15, -0.1) is 0 Å². The first kappa shape index (κ1) is 35.7. The molecule has 5 rings (SSSR count). The van der Waals surface area contributed by atoms with E-state index in [4.69, 9.17) is 9.47 Å². The molecule has 258 valence electrons. The number of nitrogens with zero attached hydrogens (tertiary/aromatic N) is 1. The van der Waals surface area contributed by atoms with Crippen molar-refractivity contribution in [1.29, 1.82) is 0 Å². The molecule has 3 aromatic carbocycles. The molecule has 0 aromatic heterocycles. The van der Waals surface area contributed by atoms with E-state index in [1.165, 1.54) is 39.0 Å². The first-order valence-electron chi connectivity index (χ1n) is 17.9. The van der Waals surface area contributed by atoms with Crippen molar-refractivity contribution >= 4 is 11.8 Å². The van der Waals surface area contributed by atoms with E-state index >= 15 is 0 Å². The molecule has 8 nitrogen and oxygen atoms in total. The van der Waals surface area contributed by atoms with Gasteiger partial charge in [0, 0.05) is 45.0 Å². The Morgan fingerprint density at radius 2 is 1.52 bits per heavy atom. The first-order chi connectivity index (χ1) is 23.5. The highest BCUT2D eigenvalue weighted by atomic mass is 16.7. The lowest BCUT2D eigenvalue weighted by Crippen LogP contribution is -2.40. The third-order valence-corrected chi connectivity index (χ3v) is 9.41. The van der Waals surface area contributed by atoms with Crippen molar-refractivity contribution in [2.75, 3.05) is 26.2 Å². The minimum atomic E-state index is -0.470. The van der Waals surface area contributed by atoms with Crippen molar-refractivity contribution in [2.45, 2.75) is 103 Å². The maximum Gasteiger partial charge on any atom is 0.220 e. The summed E-state index contributed by atoms with van der Waals surface area (Å²) in [6, 6.07) is 24.8. The van der Waals surface area contributed by atoms with Crippen LogP contribution in [0.3, 0.4) is 0 Å². The van der Waals surface area contributed by atoms with Gasteiger partial charge in [0.1, 0.15) is 0 Å². The van der Waals surface area contributed by atoms with Crippen molar-refractivity contribution in [1.82, 2.24) is 15.5 Å². The topological polar surface area (TPSA) is 100 Å². The highest BCUT2D eigenvalue weighted by Crippen LogP contribution is 2.39. The van der Waals surface area contributed by atoms with E-state index in [1.54, 1.807) is 0 Å². The van der Waals surface area contributed by atoms with Crippen molar-refractivity contribution < 1.29 is 24.2 Å². The molecule has 3 unspecified atom stereocenters. The number of aliphatic hydroxyl groups is 1. The minimum absolute atomic E-state index is 0.0172. The Morgan fingerprint density at radius 3 is 2.25 bits per heavy atom. The number of rotatable bonds is 14. The third kappa shape index (κ3) is 11.3. The molecule has 2 aliphatic rings. The normalized spacial score (nSPS) is 20.4. The van der Waals surface area contributed by atoms with Gasteiger partial charge in [-0.2, -0.15) is 0 Å². The summed E-state index contributed by atoms with van der Waals surface area (Å²) in [5.74, 6) is 0.0282. The molecule has 48 heavy (non-hydrogen) atoms. The molecule has 2 aliphatic heterocycles. The Kier molecular flexibility index (Phi) is 14.0. The van der Waals surface area contributed by atoms with Crippen LogP contribution in [0.4, 0.5) is 0 Å². The molecule has 2 saturated heterocycles. The molecule has 0 spiro atoms. The maximum absolute atomic E-state index is 12.4. The average molecular weight is 656 g/mol. The Bertz CT molecular complexity index is 1420. The minimum Gasteiger partial charge on any atom is -0.392 e. The maximum atomic E-state index is 12.4. The van der Waals surface area contributed by atoms with Gasteiger partial charge in [0.2, 0.25) is 11.8 Å². The van der Waals surface area contributed by atoms with Gasteiger partial charge in [-0.1, -0.05) is 92.4 Å². The molecule has 3 atom stereocenters. The number of carbonyl (C=O) groups excluding carboxylic acids is 2. The zero-order valence-corrected chi connectivity index (χ0v) is 28.5. The van der Waals surface area contributed by atoms with E-state index in [0.717, 1.165) is 78.7 Å². The number of benzene rings is 3. The van der Waals surface area contributed by atoms with Gasteiger partial charge in [0.25, 0.3) is 0 Å². The summed E-state index contributed by atoms with van der Waals surface area (Å²) in [5, 5.41) is 15.4. The Labute approximate surface area is 286 Å². The standard InChI is InChI=1S/C40H53N3O5/c1-30(45)41-22-7-5-6-13-39(46)42-27-32-11-10-12-36(25-32)33-18-20-35(21-19-33)40-47-37(28-43-23-8-3-2-4-9-24-43)26-38(48-40)34-16-14-31(29-44)15-17-34/h10-12,14-21,25,37-38,40,44H,2-9,13,22-24,26-29H2,1H3,(H,41,45)(H,42,46). The molecule has 0 radical (unpaired) electrons. The Balaban J connectivity index is 1.20. The molecule has 0 aliphatic carbocycles. The summed E-state index contributed by atoms with van der Waals surface area (Å²) >= 11 is 0. The summed E-state index contributed by atoms with van der Waals surface area (Å²) in [5.41, 5.74) is 6.24. The third-order valence-electron chi connectivity index (χ3n) is 9.41. The quantitative estimate of drug-likeness (QED) is 0.162. The van der Waals surface area contributed by atoms with Crippen molar-refractivity contribution in [3.8, 4) is 11.1 Å². The predicted octanol–water partition coefficient (Wildman–Crippen LogP) is 6.97. The van der Waals surface area contributed by atoms with Gasteiger partial charge in [-0.3, -0.25) is 9.59 Å². The van der Waals surface area contributed by atoms with Gasteiger partial charge in [0.15, 0.2) is 6.29 Å². The van der Waals surface area contributed by atoms with E-state index in [1.807, 2.05) is 24.3 Å². The van der Waals surface area contributed by atoms with Gasteiger partial charge in [-0.25, -0.2) is 0 Å². The van der Waals surface area contributed by atoms with Crippen LogP contribution in [0.1, 0.15) is 106 Å². The number of amides is 2. The number of carbonyl (C=O) groups is 2. The molecule has 0 bridgehead atoms. The SMILES string of the molecule is CC(=O)NCCCCCC(=O)NCc1cccc(-c2ccc(C3OC(CN4CCCCCCC4)CC(c4ccc(CO)cc4)O3)cc2)c1. The average Bonchev–Trinajstić information content (AvgIpc) is 3.10. The number of aliphatic hydroxyl groups excluding tert-OH is 1. The largest absolute Gasteiger partial charge is 0.392 e. The molecule has 8 heteroatoms. The molecule has 2 heterocycles. The fourth-order valence-corrected chi connectivity index (χ4v) is 6.65. The van der Waals surface area contributed by atoms with E-state index in [-0.39, 0.29) is 30.6 Å². The fraction of sp³-hybridized carbons (Fsp3) is 0.500. The van der Waals surface area contributed by atoms with E-state index in [2.05, 4.69) is 64.1 Å². The molecular formula is C40H53N3O5. The number of nitrogens with one attached hydrogen (secondary N) is 2. The lowest BCUT2D eigenvalue weighted by molar-refractivity contribution is -0.253. The lowest BCUT2D eigenvalue weighted by atomic mass is 9.98. The number of ether oxygens (including phenoxy) is 2. The highest BCUT2D eigenvalue weighted by Gasteiger charge is 2.33. The van der Waals surface area contributed by atoms with E-state index in [0.29, 0.717) is 19.5 Å². The van der Waals surface area contributed by atoms with Crippen molar-refractivity contribution in [3.05, 3.63) is 95.1 Å². The zero-order chi connectivity index (χ0) is 33.6. The highest BCUT2D eigenvalue weighted by molar-refractivity contribution is 5.76.